The molecule has 0 aliphatic carbocycles. The fourth-order valence-corrected chi connectivity index (χ4v) is 3.38. The molecule has 0 unspecified atom stereocenters. The lowest BCUT2D eigenvalue weighted by molar-refractivity contribution is 0.321. The van der Waals surface area contributed by atoms with Crippen molar-refractivity contribution in [1.82, 2.24) is 15.5 Å². The van der Waals surface area contributed by atoms with Crippen LogP contribution in [-0.4, -0.2) is 51.3 Å². The van der Waals surface area contributed by atoms with Crippen molar-refractivity contribution in [3.63, 3.8) is 0 Å². The van der Waals surface area contributed by atoms with E-state index in [1.165, 1.54) is 37.1 Å². The number of hydrogen-bond acceptors (Lipinski definition) is 4. The topological polar surface area (TPSA) is 58.1 Å². The number of hydrogen-bond donors (Lipinski definition) is 2. The summed E-state index contributed by atoms with van der Waals surface area (Å²) in [5.74, 6) is 2.41. The number of ether oxygens (including phenoxy) is 2. The molecule has 156 valence electrons. The quantitative estimate of drug-likeness (QED) is 0.388. The van der Waals surface area contributed by atoms with Crippen LogP contribution in [0.4, 0.5) is 0 Å². The number of nitrogens with one attached hydrogen (secondary N) is 2. The maximum absolute atomic E-state index is 5.73. The third kappa shape index (κ3) is 6.98. The first kappa shape index (κ1) is 21.0. The third-order valence-electron chi connectivity index (χ3n) is 5.03. The van der Waals surface area contributed by atoms with Gasteiger partial charge < -0.3 is 20.1 Å². The smallest absolute Gasteiger partial charge is 0.191 e. The SMILES string of the molecule is CN=C(NCCOc1ccc(OC)cc1)NCc1ccc(CN2CCCC2)cc1. The number of nitrogens with zero attached hydrogens (tertiary/aromatic N) is 2. The van der Waals surface area contributed by atoms with E-state index in [-0.39, 0.29) is 0 Å². The molecule has 0 saturated carbocycles. The van der Waals surface area contributed by atoms with Crippen molar-refractivity contribution in [2.75, 3.05) is 40.4 Å². The van der Waals surface area contributed by atoms with Gasteiger partial charge in [-0.25, -0.2) is 0 Å². The molecule has 0 spiro atoms. The Hall–Kier alpha value is -2.73. The lowest BCUT2D eigenvalue weighted by Gasteiger charge is -2.15. The van der Waals surface area contributed by atoms with Gasteiger partial charge in [0, 0.05) is 20.1 Å². The van der Waals surface area contributed by atoms with Crippen molar-refractivity contribution in [2.24, 2.45) is 4.99 Å². The Labute approximate surface area is 173 Å². The minimum absolute atomic E-state index is 0.554. The Morgan fingerprint density at radius 3 is 2.24 bits per heavy atom. The van der Waals surface area contributed by atoms with E-state index in [2.05, 4.69) is 44.8 Å². The van der Waals surface area contributed by atoms with Gasteiger partial charge in [0.1, 0.15) is 18.1 Å². The van der Waals surface area contributed by atoms with Crippen LogP contribution in [0.15, 0.2) is 53.5 Å². The van der Waals surface area contributed by atoms with Crippen LogP contribution in [0.3, 0.4) is 0 Å². The van der Waals surface area contributed by atoms with E-state index in [1.807, 2.05) is 24.3 Å². The monoisotopic (exact) mass is 396 g/mol. The molecule has 0 atom stereocenters. The van der Waals surface area contributed by atoms with Gasteiger partial charge in [0.2, 0.25) is 0 Å². The normalized spacial score (nSPS) is 14.6. The number of methoxy groups -OCH3 is 1. The summed E-state index contributed by atoms with van der Waals surface area (Å²) in [4.78, 5) is 6.79. The Kier molecular flexibility index (Phi) is 8.19. The highest BCUT2D eigenvalue weighted by atomic mass is 16.5. The lowest BCUT2D eigenvalue weighted by Crippen LogP contribution is -2.38. The summed E-state index contributed by atoms with van der Waals surface area (Å²) in [5, 5.41) is 6.62. The summed E-state index contributed by atoms with van der Waals surface area (Å²) in [6, 6.07) is 16.4. The first-order chi connectivity index (χ1) is 14.3. The molecule has 1 aliphatic heterocycles. The van der Waals surface area contributed by atoms with Crippen molar-refractivity contribution in [3.8, 4) is 11.5 Å². The molecule has 6 nitrogen and oxygen atoms in total. The van der Waals surface area contributed by atoms with Gasteiger partial charge in [-0.05, 0) is 61.3 Å². The van der Waals surface area contributed by atoms with E-state index in [0.29, 0.717) is 13.2 Å². The summed E-state index contributed by atoms with van der Waals surface area (Å²) in [6.07, 6.45) is 2.67. The number of aliphatic imine (C=N–C) groups is 1. The minimum Gasteiger partial charge on any atom is -0.497 e. The van der Waals surface area contributed by atoms with Gasteiger partial charge >= 0.3 is 0 Å². The van der Waals surface area contributed by atoms with Gasteiger partial charge in [0.05, 0.1) is 13.7 Å². The molecule has 1 saturated heterocycles. The second-order valence-corrected chi connectivity index (χ2v) is 7.18. The standard InChI is InChI=1S/C23H32N4O2/c1-24-23(25-13-16-29-22-11-9-21(28-2)10-12-22)26-17-19-5-7-20(8-6-19)18-27-14-3-4-15-27/h5-12H,3-4,13-18H2,1-2H3,(H2,24,25,26). The summed E-state index contributed by atoms with van der Waals surface area (Å²) in [5.41, 5.74) is 2.63. The summed E-state index contributed by atoms with van der Waals surface area (Å²) < 4.78 is 10.9. The van der Waals surface area contributed by atoms with Crippen molar-refractivity contribution in [2.45, 2.75) is 25.9 Å². The molecule has 3 rings (SSSR count). The van der Waals surface area contributed by atoms with E-state index < -0.39 is 0 Å². The van der Waals surface area contributed by atoms with Crippen LogP contribution in [0.5, 0.6) is 11.5 Å². The number of guanidine groups is 1. The zero-order chi connectivity index (χ0) is 20.3. The van der Waals surface area contributed by atoms with Crippen LogP contribution in [0.25, 0.3) is 0 Å². The van der Waals surface area contributed by atoms with Gasteiger partial charge in [-0.2, -0.15) is 0 Å². The highest BCUT2D eigenvalue weighted by molar-refractivity contribution is 5.79. The van der Waals surface area contributed by atoms with E-state index in [4.69, 9.17) is 9.47 Å². The van der Waals surface area contributed by atoms with Gasteiger partial charge in [0.15, 0.2) is 5.96 Å². The zero-order valence-corrected chi connectivity index (χ0v) is 17.5. The maximum atomic E-state index is 5.73. The lowest BCUT2D eigenvalue weighted by atomic mass is 10.1. The van der Waals surface area contributed by atoms with E-state index in [1.54, 1.807) is 14.2 Å². The highest BCUT2D eigenvalue weighted by Crippen LogP contribution is 2.16. The van der Waals surface area contributed by atoms with Crippen LogP contribution < -0.4 is 20.1 Å². The predicted octanol–water partition coefficient (Wildman–Crippen LogP) is 3.04. The second-order valence-electron chi connectivity index (χ2n) is 7.18. The molecule has 6 heteroatoms. The first-order valence-electron chi connectivity index (χ1n) is 10.3. The molecule has 1 heterocycles. The molecule has 2 aromatic carbocycles. The van der Waals surface area contributed by atoms with Gasteiger partial charge in [-0.15, -0.1) is 0 Å². The van der Waals surface area contributed by atoms with Crippen molar-refractivity contribution in [3.05, 3.63) is 59.7 Å². The van der Waals surface area contributed by atoms with Crippen LogP contribution in [0.2, 0.25) is 0 Å². The van der Waals surface area contributed by atoms with Gasteiger partial charge in [0.25, 0.3) is 0 Å². The average molecular weight is 397 g/mol. The number of rotatable bonds is 9. The Balaban J connectivity index is 1.35. The van der Waals surface area contributed by atoms with Crippen LogP contribution in [0, 0.1) is 0 Å². The molecular weight excluding hydrogens is 364 g/mol. The van der Waals surface area contributed by atoms with E-state index in [0.717, 1.165) is 30.5 Å². The predicted molar refractivity (Wildman–Crippen MR) is 118 cm³/mol. The largest absolute Gasteiger partial charge is 0.497 e. The number of benzene rings is 2. The maximum Gasteiger partial charge on any atom is 0.191 e. The molecule has 0 amide bonds. The summed E-state index contributed by atoms with van der Waals surface area (Å²) in [6.45, 7) is 5.48. The molecule has 1 fully saturated rings. The summed E-state index contributed by atoms with van der Waals surface area (Å²) >= 11 is 0. The molecule has 1 aliphatic rings. The van der Waals surface area contributed by atoms with Crippen LogP contribution >= 0.6 is 0 Å². The Bertz CT molecular complexity index is 753. The van der Waals surface area contributed by atoms with E-state index >= 15 is 0 Å². The minimum atomic E-state index is 0.554. The molecule has 0 bridgehead atoms. The van der Waals surface area contributed by atoms with Crippen LogP contribution in [0.1, 0.15) is 24.0 Å². The zero-order valence-electron chi connectivity index (χ0n) is 17.5. The van der Waals surface area contributed by atoms with Gasteiger partial charge in [-0.1, -0.05) is 24.3 Å². The van der Waals surface area contributed by atoms with Crippen molar-refractivity contribution < 1.29 is 9.47 Å². The highest BCUT2D eigenvalue weighted by Gasteiger charge is 2.11. The fourth-order valence-electron chi connectivity index (χ4n) is 3.38. The van der Waals surface area contributed by atoms with E-state index in [9.17, 15) is 0 Å². The Morgan fingerprint density at radius 1 is 0.931 bits per heavy atom. The Morgan fingerprint density at radius 2 is 1.59 bits per heavy atom. The average Bonchev–Trinajstić information content (AvgIpc) is 3.28. The molecule has 29 heavy (non-hydrogen) atoms. The van der Waals surface area contributed by atoms with Gasteiger partial charge in [-0.3, -0.25) is 9.89 Å². The molecule has 2 N–H and O–H groups in total. The first-order valence-corrected chi connectivity index (χ1v) is 10.3. The molecule has 0 radical (unpaired) electrons. The summed E-state index contributed by atoms with van der Waals surface area (Å²) in [7, 11) is 3.43. The third-order valence-corrected chi connectivity index (χ3v) is 5.03. The molecular formula is C23H32N4O2. The fraction of sp³-hybridized carbons (Fsp3) is 0.435. The number of likely N-dealkylation sites (tertiary alicyclic amines) is 1. The molecule has 0 aromatic heterocycles. The van der Waals surface area contributed by atoms with Crippen molar-refractivity contribution in [1.29, 1.82) is 0 Å². The second kappa shape index (κ2) is 11.3. The molecule has 2 aromatic rings. The van der Waals surface area contributed by atoms with Crippen LogP contribution in [-0.2, 0) is 13.1 Å². The van der Waals surface area contributed by atoms with Crippen molar-refractivity contribution >= 4 is 5.96 Å².